The molecule has 6 heterocycles. The van der Waals surface area contributed by atoms with Gasteiger partial charge < -0.3 is 107 Å². The topological polar surface area (TPSA) is 460 Å². The van der Waals surface area contributed by atoms with Crippen LogP contribution in [0.4, 0.5) is 4.79 Å². The van der Waals surface area contributed by atoms with Crippen molar-refractivity contribution >= 4 is 132 Å². The molecule has 0 aliphatic carbocycles. The molecule has 0 aromatic carbocycles. The molecule has 6 fully saturated rings. The Balaban J connectivity index is 0.00000130. The van der Waals surface area contributed by atoms with E-state index in [0.717, 1.165) is 76.7 Å². The molecular weight excluding hydrogens is 1570 g/mol. The Morgan fingerprint density at radius 3 is 0.791 bits per heavy atom. The molecule has 1 radical (unpaired) electrons. The summed E-state index contributed by atoms with van der Waals surface area (Å²) in [5.41, 5.74) is 3.07. The van der Waals surface area contributed by atoms with Crippen LogP contribution in [-0.2, 0) is 134 Å². The number of hydrogen-bond acceptors (Lipinski definition) is 37. The van der Waals surface area contributed by atoms with Crippen LogP contribution >= 0.6 is 11.8 Å². The molecule has 6 saturated heterocycles. The first-order valence-corrected chi connectivity index (χ1v) is 37.1. The maximum atomic E-state index is 12.4. The first-order chi connectivity index (χ1) is 52.2. The van der Waals surface area contributed by atoms with Crippen molar-refractivity contribution in [1.82, 2.24) is 44.5 Å². The summed E-state index contributed by atoms with van der Waals surface area (Å²) >= 11 is 1.84. The number of piperidine rings is 1. The van der Waals surface area contributed by atoms with Crippen LogP contribution in [0.2, 0.25) is 0 Å². The molecule has 110 heavy (non-hydrogen) atoms. The molecule has 0 aromatic heterocycles. The van der Waals surface area contributed by atoms with Crippen LogP contribution in [0.5, 0.6) is 0 Å². The first-order valence-electron chi connectivity index (χ1n) is 34.1. The number of hydrogen-bond donors (Lipinski definition) is 1. The summed E-state index contributed by atoms with van der Waals surface area (Å²) in [6, 6.07) is 0. The van der Waals surface area contributed by atoms with E-state index in [9.17, 15) is 42.0 Å². The van der Waals surface area contributed by atoms with Crippen molar-refractivity contribution in [2.75, 3.05) is 240 Å². The number of nitrogens with zero attached hydrogens (tertiary/aromatic N) is 20. The summed E-state index contributed by atoms with van der Waals surface area (Å²) in [6.07, 6.45) is 2.84. The van der Waals surface area contributed by atoms with Crippen molar-refractivity contribution in [3.8, 4) is 0 Å². The second-order valence-electron chi connectivity index (χ2n) is 23.0. The van der Waals surface area contributed by atoms with Gasteiger partial charge >= 0.3 is 6.09 Å². The average Bonchev–Trinajstić information content (AvgIpc) is 0.861. The van der Waals surface area contributed by atoms with Crippen LogP contribution in [0, 0.1) is 0 Å². The summed E-state index contributed by atoms with van der Waals surface area (Å²) in [5.74, 6) is 0.401. The van der Waals surface area contributed by atoms with E-state index >= 15 is 0 Å². The number of methoxy groups -OCH3 is 1. The zero-order valence-corrected chi connectivity index (χ0v) is 71.5. The molecule has 6 rings (SSSR count). The van der Waals surface area contributed by atoms with E-state index in [2.05, 4.69) is 130 Å². The Bertz CT molecular complexity index is 3210. The van der Waals surface area contributed by atoms with Crippen molar-refractivity contribution < 1.29 is 137 Å². The quantitative estimate of drug-likeness (QED) is 0.0983. The maximum absolute atomic E-state index is 12.4. The average molecular weight is 1680 g/mol. The fraction of sp³-hybridized carbons (Fsp3) is 0.703. The van der Waals surface area contributed by atoms with E-state index in [4.69, 9.17) is 4.84 Å². The van der Waals surface area contributed by atoms with Crippen LogP contribution in [-0.4, -0.2) is 398 Å². The Kier molecular flexibility index (Phi) is 53.3. The second-order valence-corrected chi connectivity index (χ2v) is 26.5. The number of sulfone groups is 1. The number of ether oxygens (including phenoxy) is 1. The van der Waals surface area contributed by atoms with E-state index in [1.165, 1.54) is 109 Å². The van der Waals surface area contributed by atoms with E-state index in [0.29, 0.717) is 80.9 Å². The molecule has 0 atom stereocenters. The van der Waals surface area contributed by atoms with E-state index in [1.54, 1.807) is 66.0 Å². The van der Waals surface area contributed by atoms with E-state index in [1.807, 2.05) is 18.8 Å². The van der Waals surface area contributed by atoms with Gasteiger partial charge in [0, 0.05) is 162 Å². The van der Waals surface area contributed by atoms with Crippen molar-refractivity contribution in [1.29, 1.82) is 0 Å². The number of amides is 7. The summed E-state index contributed by atoms with van der Waals surface area (Å²) in [4.78, 5) is 154. The largest absolute Gasteiger partial charge is 0.453 e. The smallest absolute Gasteiger partial charge is 0.409 e. The minimum Gasteiger partial charge on any atom is -0.453 e. The van der Waals surface area contributed by atoms with Gasteiger partial charge in [0.1, 0.15) is 120 Å². The number of oxime groups is 12. The predicted octanol–water partition coefficient (Wildman–Crippen LogP) is 0.0254. The molecule has 46 heteroatoms. The fourth-order valence-electron chi connectivity index (χ4n) is 9.96. The molecule has 6 aliphatic rings. The van der Waals surface area contributed by atoms with Crippen LogP contribution in [0.1, 0.15) is 60.8 Å². The minimum atomic E-state index is -3.04. The van der Waals surface area contributed by atoms with Crippen molar-refractivity contribution in [2.45, 2.75) is 60.8 Å². The molecule has 1 N–H and O–H groups in total. The van der Waals surface area contributed by atoms with Gasteiger partial charge in [-0.1, -0.05) is 61.9 Å². The van der Waals surface area contributed by atoms with Crippen LogP contribution in [0.3, 0.4) is 0 Å². The minimum absolute atomic E-state index is 0. The summed E-state index contributed by atoms with van der Waals surface area (Å²) in [7, 11) is 17.0. The summed E-state index contributed by atoms with van der Waals surface area (Å²) < 4.78 is 27.3. The Labute approximate surface area is 672 Å². The molecule has 7 amide bonds. The molecule has 0 spiro atoms. The number of rotatable bonds is 24. The van der Waals surface area contributed by atoms with Crippen LogP contribution in [0.25, 0.3) is 0 Å². The monoisotopic (exact) mass is 1680 g/mol. The Morgan fingerprint density at radius 1 is 0.300 bits per heavy atom. The number of likely N-dealkylation sites (tertiary alicyclic amines) is 1. The zero-order valence-electron chi connectivity index (χ0n) is 67.0. The maximum Gasteiger partial charge on any atom is 0.409 e. The second kappa shape index (κ2) is 58.0. The van der Waals surface area contributed by atoms with Gasteiger partial charge in [-0.05, 0) is 67.9 Å². The van der Waals surface area contributed by atoms with E-state index in [-0.39, 0.29) is 127 Å². The number of thioether (sulfide) groups is 1. The van der Waals surface area contributed by atoms with E-state index < -0.39 is 21.8 Å². The normalized spacial score (nSPS) is 18.0. The summed E-state index contributed by atoms with van der Waals surface area (Å²) in [5, 5.41) is 47.6. The third-order valence-corrected chi connectivity index (χ3v) is 18.1. The van der Waals surface area contributed by atoms with Gasteiger partial charge in [0.05, 0.1) is 18.6 Å². The molecule has 6 aliphatic heterocycles. The van der Waals surface area contributed by atoms with Gasteiger partial charge in [-0.25, -0.2) is 13.2 Å². The SMILES string of the molecule is CON=C(C)C(=NOC)C(=O)N1CCCCC1.CON=C(C)C(=NOC)C(=O)N1CCN(C(=O)OC)CC1.CON=C(C)C(=NOC)C(=O)N1CCN(C)CC1.CON=C(C)C(=NOC)C(=O)N1CCNCC1.CON=C(C)C(=NOC)C(=O)N1CCS(=O)(=O)CC1.CON=C(C)C(=NOC)C(=O)N1CCSCC1.[Y]. The zero-order chi connectivity index (χ0) is 81.9. The molecular formula is C64H111N21O22S2Y. The molecule has 0 bridgehead atoms. The molecule has 43 nitrogen and oxygen atoms in total. The predicted molar refractivity (Wildman–Crippen MR) is 411 cm³/mol. The molecule has 619 valence electrons. The number of carbonyl (C=O) groups excluding carboxylic acids is 7. The molecule has 0 unspecified atom stereocenters. The third-order valence-electron chi connectivity index (χ3n) is 15.5. The number of carbonyl (C=O) groups is 7. The fourth-order valence-corrected chi connectivity index (χ4v) is 12.1. The van der Waals surface area contributed by atoms with Crippen molar-refractivity contribution in [3.05, 3.63) is 0 Å². The van der Waals surface area contributed by atoms with Crippen molar-refractivity contribution in [3.63, 3.8) is 0 Å². The van der Waals surface area contributed by atoms with Gasteiger partial charge in [-0.2, -0.15) is 11.8 Å². The molecule has 0 saturated carbocycles. The number of likely N-dealkylation sites (N-methyl/N-ethyl adjacent to an activating group) is 1. The Morgan fingerprint density at radius 2 is 0.527 bits per heavy atom. The van der Waals surface area contributed by atoms with Gasteiger partial charge in [-0.3, -0.25) is 28.8 Å². The van der Waals surface area contributed by atoms with Gasteiger partial charge in [0.2, 0.25) is 0 Å². The number of nitrogens with one attached hydrogen (secondary N) is 1. The molecule has 0 aromatic rings. The van der Waals surface area contributed by atoms with Crippen molar-refractivity contribution in [2.24, 2.45) is 61.9 Å². The third kappa shape index (κ3) is 36.7. The summed E-state index contributed by atoms with van der Waals surface area (Å²) in [6.45, 7) is 20.6. The van der Waals surface area contributed by atoms with Gasteiger partial charge in [0.15, 0.2) is 44.1 Å². The van der Waals surface area contributed by atoms with Gasteiger partial charge in [0.25, 0.3) is 35.4 Å². The van der Waals surface area contributed by atoms with Crippen LogP contribution < -0.4 is 5.32 Å². The van der Waals surface area contributed by atoms with Gasteiger partial charge in [-0.15, -0.1) is 0 Å². The van der Waals surface area contributed by atoms with Crippen LogP contribution in [0.15, 0.2) is 61.9 Å². The standard InChI is InChI=1S/C12H20N4O5.C11H20N4O3.C11H19N3O3.C10H18N4O3.C10H17N3O5S.C10H17N3O3S.Y/c1-9(13-20-3)10(14-21-4)11(17)15-5-7-16(8-6-15)12(18)19-2;1-9(12-17-3)10(13-18-4)11(16)15-7-5-14(2)6-8-15;1-9(12-16-2)10(13-17-3)11(15)14-7-5-4-6-8-14;1-8(12-16-2)9(13-17-3)10(15)14-6-4-11-5-7-14;1-8(11-17-2)9(12-18-3)10(14)13-4-6-19(15,16)7-5-13;1-8(11-15-2)9(12-16-3)10(14)13-4-6-17-7-5-13;/h5-8H2,1-4H3;5-8H2,1-4H3;4-8H2,1-3H3;11H,4-7H2,1-3H3;4-7H2,1-3H3;4-7H2,1-3H3;. The first kappa shape index (κ1) is 101. The Hall–Kier alpha value is -8.95. The number of piperazine rings is 3.